The van der Waals surface area contributed by atoms with E-state index >= 15 is 0 Å². The van der Waals surface area contributed by atoms with Crippen molar-refractivity contribution in [3.05, 3.63) is 62.4 Å². The zero-order chi connectivity index (χ0) is 19.8. The molecule has 2 aromatic carbocycles. The number of hydrogen-bond acceptors (Lipinski definition) is 5. The molecule has 0 amide bonds. The van der Waals surface area contributed by atoms with Gasteiger partial charge in [0, 0.05) is 29.8 Å². The van der Waals surface area contributed by atoms with Gasteiger partial charge in [0.2, 0.25) is 5.95 Å². The number of nitrogen functional groups attached to an aromatic ring is 1. The lowest BCUT2D eigenvalue weighted by molar-refractivity contribution is 0.492. The smallest absolute Gasteiger partial charge is 0.263 e. The Morgan fingerprint density at radius 2 is 2.00 bits per heavy atom. The van der Waals surface area contributed by atoms with Gasteiger partial charge in [-0.3, -0.25) is 9.36 Å². The van der Waals surface area contributed by atoms with Crippen molar-refractivity contribution >= 4 is 45.7 Å². The molecule has 6 nitrogen and oxygen atoms in total. The Balaban J connectivity index is 1.94. The highest BCUT2D eigenvalue weighted by Crippen LogP contribution is 2.28. The van der Waals surface area contributed by atoms with E-state index in [9.17, 15) is 4.79 Å². The van der Waals surface area contributed by atoms with Crippen LogP contribution in [0.4, 0.5) is 11.6 Å². The molecule has 146 valence electrons. The fourth-order valence-electron chi connectivity index (χ4n) is 3.66. The lowest BCUT2D eigenvalue weighted by Gasteiger charge is -2.33. The minimum atomic E-state index is -0.202. The number of nitrogens with two attached hydrogens (primary N) is 2. The number of nitrogens with zero attached hydrogens (tertiary/aromatic N) is 3. The Morgan fingerprint density at radius 3 is 2.75 bits per heavy atom. The highest BCUT2D eigenvalue weighted by Gasteiger charge is 2.23. The standard InChI is InChI=1S/C20H21Cl2N5O/c21-13-8-15-18(16(22)9-13)25-20(26-7-3-5-14(23)11-26)27(19(15)28)10-12-4-1-2-6-17(12)24/h1-2,4,6,8-9,14H,3,5,7,10-11,23-24H2/t14-/m1/s1. The maximum atomic E-state index is 13.4. The summed E-state index contributed by atoms with van der Waals surface area (Å²) in [6.45, 7) is 1.72. The van der Waals surface area contributed by atoms with Crippen LogP contribution in [0.25, 0.3) is 10.9 Å². The molecule has 1 fully saturated rings. The number of anilines is 2. The third kappa shape index (κ3) is 3.55. The molecule has 1 atom stereocenters. The number of para-hydroxylation sites is 1. The largest absolute Gasteiger partial charge is 0.398 e. The van der Waals surface area contributed by atoms with E-state index in [1.807, 2.05) is 24.3 Å². The van der Waals surface area contributed by atoms with Gasteiger partial charge in [-0.15, -0.1) is 0 Å². The highest BCUT2D eigenvalue weighted by molar-refractivity contribution is 6.38. The second-order valence-electron chi connectivity index (χ2n) is 7.13. The summed E-state index contributed by atoms with van der Waals surface area (Å²) in [6, 6.07) is 10.7. The lowest BCUT2D eigenvalue weighted by Crippen LogP contribution is -2.45. The maximum Gasteiger partial charge on any atom is 0.263 e. The molecule has 0 aliphatic carbocycles. The highest BCUT2D eigenvalue weighted by atomic mass is 35.5. The number of fused-ring (bicyclic) bond motifs is 1. The van der Waals surface area contributed by atoms with E-state index in [2.05, 4.69) is 4.90 Å². The van der Waals surface area contributed by atoms with Crippen LogP contribution >= 0.6 is 23.2 Å². The third-order valence-electron chi connectivity index (χ3n) is 5.08. The van der Waals surface area contributed by atoms with Crippen molar-refractivity contribution in [1.29, 1.82) is 0 Å². The van der Waals surface area contributed by atoms with Crippen molar-refractivity contribution in [2.45, 2.75) is 25.4 Å². The molecule has 1 aliphatic heterocycles. The van der Waals surface area contributed by atoms with E-state index < -0.39 is 0 Å². The third-order valence-corrected chi connectivity index (χ3v) is 5.59. The Bertz CT molecular complexity index is 1100. The molecule has 1 saturated heterocycles. The first-order valence-corrected chi connectivity index (χ1v) is 9.93. The predicted octanol–water partition coefficient (Wildman–Crippen LogP) is 3.26. The molecule has 0 unspecified atom stereocenters. The Morgan fingerprint density at radius 1 is 1.21 bits per heavy atom. The van der Waals surface area contributed by atoms with Gasteiger partial charge in [-0.2, -0.15) is 0 Å². The molecule has 28 heavy (non-hydrogen) atoms. The summed E-state index contributed by atoms with van der Waals surface area (Å²) in [5.74, 6) is 0.556. The summed E-state index contributed by atoms with van der Waals surface area (Å²) in [6.07, 6.45) is 1.90. The van der Waals surface area contributed by atoms with Gasteiger partial charge >= 0.3 is 0 Å². The van der Waals surface area contributed by atoms with E-state index in [-0.39, 0.29) is 11.6 Å². The minimum absolute atomic E-state index is 0.0392. The van der Waals surface area contributed by atoms with Crippen LogP contribution in [0.1, 0.15) is 18.4 Å². The first-order valence-electron chi connectivity index (χ1n) is 9.17. The number of aromatic nitrogens is 2. The number of halogens is 2. The van der Waals surface area contributed by atoms with Gasteiger partial charge in [0.05, 0.1) is 22.5 Å². The quantitative estimate of drug-likeness (QED) is 0.638. The zero-order valence-corrected chi connectivity index (χ0v) is 16.7. The first-order chi connectivity index (χ1) is 13.4. The monoisotopic (exact) mass is 417 g/mol. The summed E-state index contributed by atoms with van der Waals surface area (Å²) in [5.41, 5.74) is 14.0. The summed E-state index contributed by atoms with van der Waals surface area (Å²) in [7, 11) is 0. The van der Waals surface area contributed by atoms with Gasteiger partial charge in [-0.1, -0.05) is 41.4 Å². The van der Waals surface area contributed by atoms with Crippen molar-refractivity contribution in [3.63, 3.8) is 0 Å². The molecule has 0 spiro atoms. The molecular weight excluding hydrogens is 397 g/mol. The van der Waals surface area contributed by atoms with Gasteiger partial charge < -0.3 is 16.4 Å². The second-order valence-corrected chi connectivity index (χ2v) is 7.98. The van der Waals surface area contributed by atoms with Crippen LogP contribution in [0, 0.1) is 0 Å². The van der Waals surface area contributed by atoms with Gasteiger partial charge in [-0.25, -0.2) is 4.98 Å². The maximum absolute atomic E-state index is 13.4. The summed E-state index contributed by atoms with van der Waals surface area (Å²) >= 11 is 12.5. The molecule has 0 bridgehead atoms. The summed E-state index contributed by atoms with van der Waals surface area (Å²) in [4.78, 5) is 20.2. The lowest BCUT2D eigenvalue weighted by atomic mass is 10.1. The van der Waals surface area contributed by atoms with Crippen molar-refractivity contribution in [2.24, 2.45) is 5.73 Å². The molecule has 2 heterocycles. The van der Waals surface area contributed by atoms with Crippen LogP contribution in [0.15, 0.2) is 41.2 Å². The molecule has 0 saturated carbocycles. The molecule has 4 N–H and O–H groups in total. The zero-order valence-electron chi connectivity index (χ0n) is 15.2. The number of piperidine rings is 1. The molecule has 8 heteroatoms. The van der Waals surface area contributed by atoms with Gasteiger partial charge in [0.1, 0.15) is 0 Å². The van der Waals surface area contributed by atoms with Crippen LogP contribution in [0.2, 0.25) is 10.0 Å². The average Bonchev–Trinajstić information content (AvgIpc) is 2.66. The molecule has 1 aliphatic rings. The van der Waals surface area contributed by atoms with E-state index in [0.717, 1.165) is 24.9 Å². The molecule has 4 rings (SSSR count). The first kappa shape index (κ1) is 19.1. The minimum Gasteiger partial charge on any atom is -0.398 e. The number of hydrogen-bond donors (Lipinski definition) is 2. The van der Waals surface area contributed by atoms with Crippen LogP contribution in [0.3, 0.4) is 0 Å². The number of benzene rings is 2. The van der Waals surface area contributed by atoms with Crippen molar-refractivity contribution in [2.75, 3.05) is 23.7 Å². The topological polar surface area (TPSA) is 90.2 Å². The van der Waals surface area contributed by atoms with Crippen LogP contribution in [-0.2, 0) is 6.54 Å². The Labute approximate surface area is 172 Å². The van der Waals surface area contributed by atoms with Crippen molar-refractivity contribution in [3.8, 4) is 0 Å². The van der Waals surface area contributed by atoms with Crippen LogP contribution < -0.4 is 21.9 Å². The molecule has 1 aromatic heterocycles. The SMILES string of the molecule is Nc1ccccc1Cn1c(N2CCC[C@@H](N)C2)nc2c(Cl)cc(Cl)cc2c1=O. The van der Waals surface area contributed by atoms with E-state index in [1.165, 1.54) is 0 Å². The predicted molar refractivity (Wildman–Crippen MR) is 115 cm³/mol. The second kappa shape index (κ2) is 7.62. The van der Waals surface area contributed by atoms with Crippen LogP contribution in [0.5, 0.6) is 0 Å². The Hall–Kier alpha value is -2.28. The average molecular weight is 418 g/mol. The fourth-order valence-corrected chi connectivity index (χ4v) is 4.20. The summed E-state index contributed by atoms with van der Waals surface area (Å²) < 4.78 is 1.64. The van der Waals surface area contributed by atoms with E-state index in [1.54, 1.807) is 16.7 Å². The molecule has 0 radical (unpaired) electrons. The molecule has 3 aromatic rings. The van der Waals surface area contributed by atoms with E-state index in [0.29, 0.717) is 45.7 Å². The van der Waals surface area contributed by atoms with Gasteiger partial charge in [0.15, 0.2) is 0 Å². The van der Waals surface area contributed by atoms with Gasteiger partial charge in [0.25, 0.3) is 5.56 Å². The normalized spacial score (nSPS) is 17.2. The summed E-state index contributed by atoms with van der Waals surface area (Å²) in [5, 5.41) is 1.14. The van der Waals surface area contributed by atoms with E-state index in [4.69, 9.17) is 39.7 Å². The van der Waals surface area contributed by atoms with Crippen molar-refractivity contribution in [1.82, 2.24) is 9.55 Å². The van der Waals surface area contributed by atoms with Crippen LogP contribution in [-0.4, -0.2) is 28.7 Å². The van der Waals surface area contributed by atoms with Gasteiger partial charge in [-0.05, 0) is 36.6 Å². The molecular formula is C20H21Cl2N5O. The fraction of sp³-hybridized carbons (Fsp3) is 0.300. The number of rotatable bonds is 3. The van der Waals surface area contributed by atoms with Crippen molar-refractivity contribution < 1.29 is 0 Å². The Kier molecular flexibility index (Phi) is 5.19.